The van der Waals surface area contributed by atoms with Gasteiger partial charge in [-0.25, -0.2) is 0 Å². The molecule has 29 heavy (non-hydrogen) atoms. The van der Waals surface area contributed by atoms with Gasteiger partial charge in [-0.1, -0.05) is 41.4 Å². The molecule has 1 aromatic carbocycles. The largest absolute Gasteiger partial charge is 0.304 e. The normalized spacial score (nSPS) is 11.0. The van der Waals surface area contributed by atoms with Crippen molar-refractivity contribution in [1.29, 1.82) is 0 Å². The number of nitrogens with one attached hydrogen (secondary N) is 1. The van der Waals surface area contributed by atoms with Crippen molar-refractivity contribution in [2.45, 2.75) is 20.0 Å². The van der Waals surface area contributed by atoms with Crippen LogP contribution >= 0.6 is 34.5 Å². The van der Waals surface area contributed by atoms with Crippen LogP contribution in [0.2, 0.25) is 10.0 Å². The standard InChI is InChI=1S/C20H17Cl2N5OS/c1-13-6-19(25-27(13)10-15-4-2-3-5-17(15)22)24-20(28)18-7-14(12-29-18)9-26-11-16(21)8-23-26/h2-8,11-12H,9-10H2,1H3,(H,24,25,28). The van der Waals surface area contributed by atoms with Gasteiger partial charge in [-0.05, 0) is 35.6 Å². The van der Waals surface area contributed by atoms with Gasteiger partial charge < -0.3 is 5.32 Å². The zero-order valence-electron chi connectivity index (χ0n) is 15.5. The molecule has 0 unspecified atom stereocenters. The highest BCUT2D eigenvalue weighted by molar-refractivity contribution is 7.12. The second kappa shape index (κ2) is 8.41. The van der Waals surface area contributed by atoms with E-state index in [0.29, 0.717) is 33.8 Å². The van der Waals surface area contributed by atoms with Crippen LogP contribution in [0.3, 0.4) is 0 Å². The summed E-state index contributed by atoms with van der Waals surface area (Å²) in [5, 5.41) is 14.7. The fourth-order valence-corrected chi connectivity index (χ4v) is 4.04. The number of aryl methyl sites for hydroxylation is 1. The number of amides is 1. The van der Waals surface area contributed by atoms with Crippen molar-refractivity contribution >= 4 is 46.3 Å². The molecule has 0 aliphatic carbocycles. The number of anilines is 1. The molecule has 0 aliphatic heterocycles. The summed E-state index contributed by atoms with van der Waals surface area (Å²) in [6, 6.07) is 11.3. The molecule has 0 fully saturated rings. The van der Waals surface area contributed by atoms with Gasteiger partial charge in [0, 0.05) is 23.0 Å². The lowest BCUT2D eigenvalue weighted by molar-refractivity contribution is 0.103. The van der Waals surface area contributed by atoms with Crippen LogP contribution in [0.5, 0.6) is 0 Å². The Balaban J connectivity index is 1.43. The quantitative estimate of drug-likeness (QED) is 0.448. The van der Waals surface area contributed by atoms with Crippen molar-refractivity contribution < 1.29 is 4.79 Å². The van der Waals surface area contributed by atoms with Gasteiger partial charge in [0.15, 0.2) is 5.82 Å². The first-order valence-corrected chi connectivity index (χ1v) is 10.5. The Labute approximate surface area is 181 Å². The van der Waals surface area contributed by atoms with Crippen molar-refractivity contribution in [3.8, 4) is 0 Å². The first-order chi connectivity index (χ1) is 14.0. The summed E-state index contributed by atoms with van der Waals surface area (Å²) >= 11 is 13.5. The van der Waals surface area contributed by atoms with E-state index < -0.39 is 0 Å². The Morgan fingerprint density at radius 1 is 1.21 bits per heavy atom. The van der Waals surface area contributed by atoms with Crippen LogP contribution in [0.1, 0.15) is 26.5 Å². The monoisotopic (exact) mass is 445 g/mol. The molecule has 0 bridgehead atoms. The van der Waals surface area contributed by atoms with Crippen LogP contribution in [-0.2, 0) is 13.1 Å². The second-order valence-electron chi connectivity index (χ2n) is 6.55. The molecule has 4 aromatic rings. The Morgan fingerprint density at radius 3 is 2.79 bits per heavy atom. The summed E-state index contributed by atoms with van der Waals surface area (Å²) in [6.45, 7) is 3.04. The highest BCUT2D eigenvalue weighted by atomic mass is 35.5. The number of rotatable bonds is 6. The predicted molar refractivity (Wildman–Crippen MR) is 116 cm³/mol. The summed E-state index contributed by atoms with van der Waals surface area (Å²) in [6.07, 6.45) is 3.33. The number of benzene rings is 1. The molecule has 0 spiro atoms. The molecule has 6 nitrogen and oxygen atoms in total. The lowest BCUT2D eigenvalue weighted by Gasteiger charge is -2.06. The fourth-order valence-electron chi connectivity index (χ4n) is 2.89. The van der Waals surface area contributed by atoms with Gasteiger partial charge in [0.05, 0.1) is 29.2 Å². The van der Waals surface area contributed by atoms with E-state index in [-0.39, 0.29) is 5.91 Å². The Hall–Kier alpha value is -2.61. The minimum absolute atomic E-state index is 0.192. The molecule has 0 saturated carbocycles. The van der Waals surface area contributed by atoms with Gasteiger partial charge in [-0.15, -0.1) is 11.3 Å². The number of nitrogens with zero attached hydrogens (tertiary/aromatic N) is 4. The van der Waals surface area contributed by atoms with E-state index in [1.165, 1.54) is 11.3 Å². The average Bonchev–Trinajstić information content (AvgIpc) is 3.39. The van der Waals surface area contributed by atoms with Crippen LogP contribution in [0.25, 0.3) is 0 Å². The molecular formula is C20H17Cl2N5OS. The topological polar surface area (TPSA) is 64.7 Å². The maximum absolute atomic E-state index is 12.6. The van der Waals surface area contributed by atoms with E-state index in [1.807, 2.05) is 53.4 Å². The summed E-state index contributed by atoms with van der Waals surface area (Å²) < 4.78 is 3.55. The summed E-state index contributed by atoms with van der Waals surface area (Å²) in [7, 11) is 0. The number of aromatic nitrogens is 4. The molecule has 0 aliphatic rings. The van der Waals surface area contributed by atoms with E-state index in [0.717, 1.165) is 16.8 Å². The van der Waals surface area contributed by atoms with Crippen LogP contribution in [-0.4, -0.2) is 25.5 Å². The number of hydrogen-bond donors (Lipinski definition) is 1. The van der Waals surface area contributed by atoms with Crippen LogP contribution in [0, 0.1) is 6.92 Å². The van der Waals surface area contributed by atoms with E-state index in [9.17, 15) is 4.79 Å². The van der Waals surface area contributed by atoms with Crippen molar-refractivity contribution in [3.05, 3.63) is 85.9 Å². The van der Waals surface area contributed by atoms with E-state index in [1.54, 1.807) is 17.1 Å². The van der Waals surface area contributed by atoms with Crippen LogP contribution in [0.4, 0.5) is 5.82 Å². The van der Waals surface area contributed by atoms with Crippen molar-refractivity contribution in [1.82, 2.24) is 19.6 Å². The van der Waals surface area contributed by atoms with Crippen LogP contribution < -0.4 is 5.32 Å². The SMILES string of the molecule is Cc1cc(NC(=O)c2cc(Cn3cc(Cl)cn3)cs2)nn1Cc1ccccc1Cl. The number of thiophene rings is 1. The van der Waals surface area contributed by atoms with Gasteiger partial charge in [0.2, 0.25) is 0 Å². The predicted octanol–water partition coefficient (Wildman–Crippen LogP) is 5.11. The number of halogens is 2. The molecule has 3 heterocycles. The summed E-state index contributed by atoms with van der Waals surface area (Å²) in [5.74, 6) is 0.315. The molecule has 0 atom stereocenters. The third-order valence-electron chi connectivity index (χ3n) is 4.32. The van der Waals surface area contributed by atoms with Crippen molar-refractivity contribution in [2.75, 3.05) is 5.32 Å². The molecule has 9 heteroatoms. The van der Waals surface area contributed by atoms with Crippen molar-refractivity contribution in [3.63, 3.8) is 0 Å². The van der Waals surface area contributed by atoms with E-state index in [4.69, 9.17) is 23.2 Å². The molecule has 1 N–H and O–H groups in total. The van der Waals surface area contributed by atoms with Crippen molar-refractivity contribution in [2.24, 2.45) is 0 Å². The number of hydrogen-bond acceptors (Lipinski definition) is 4. The molecule has 148 valence electrons. The molecule has 1 amide bonds. The molecule has 4 rings (SSSR count). The van der Waals surface area contributed by atoms with E-state index >= 15 is 0 Å². The maximum atomic E-state index is 12.6. The molecule has 0 saturated heterocycles. The first kappa shape index (κ1) is 19.7. The van der Waals surface area contributed by atoms with Crippen LogP contribution in [0.15, 0.2) is 54.2 Å². The zero-order valence-corrected chi connectivity index (χ0v) is 17.8. The number of carbonyl (C=O) groups excluding carboxylic acids is 1. The average molecular weight is 446 g/mol. The minimum atomic E-state index is -0.192. The van der Waals surface area contributed by atoms with Gasteiger partial charge >= 0.3 is 0 Å². The van der Waals surface area contributed by atoms with E-state index in [2.05, 4.69) is 15.5 Å². The smallest absolute Gasteiger partial charge is 0.266 e. The maximum Gasteiger partial charge on any atom is 0.266 e. The zero-order chi connectivity index (χ0) is 20.4. The number of carbonyl (C=O) groups is 1. The Bertz CT molecular complexity index is 1160. The summed E-state index contributed by atoms with van der Waals surface area (Å²) in [4.78, 5) is 13.2. The lowest BCUT2D eigenvalue weighted by atomic mass is 10.2. The molecule has 3 aromatic heterocycles. The fraction of sp³-hybridized carbons (Fsp3) is 0.150. The second-order valence-corrected chi connectivity index (χ2v) is 8.30. The third-order valence-corrected chi connectivity index (χ3v) is 5.87. The highest BCUT2D eigenvalue weighted by Crippen LogP contribution is 2.20. The Morgan fingerprint density at radius 2 is 2.03 bits per heavy atom. The van der Waals surface area contributed by atoms with Gasteiger partial charge in [0.25, 0.3) is 5.91 Å². The van der Waals surface area contributed by atoms with Gasteiger partial charge in [0.1, 0.15) is 0 Å². The first-order valence-electron chi connectivity index (χ1n) is 8.82. The third kappa shape index (κ3) is 4.70. The minimum Gasteiger partial charge on any atom is -0.304 e. The summed E-state index contributed by atoms with van der Waals surface area (Å²) in [5.41, 5.74) is 2.89. The molecular weight excluding hydrogens is 429 g/mol. The van der Waals surface area contributed by atoms with Gasteiger partial charge in [-0.2, -0.15) is 10.2 Å². The van der Waals surface area contributed by atoms with Gasteiger partial charge in [-0.3, -0.25) is 14.2 Å². The molecule has 0 radical (unpaired) electrons. The Kier molecular flexibility index (Phi) is 5.71. The highest BCUT2D eigenvalue weighted by Gasteiger charge is 2.13. The lowest BCUT2D eigenvalue weighted by Crippen LogP contribution is -2.11.